The first-order chi connectivity index (χ1) is 11.6. The van der Waals surface area contributed by atoms with Crippen molar-refractivity contribution in [1.82, 2.24) is 9.97 Å². The van der Waals surface area contributed by atoms with E-state index < -0.39 is 9.71 Å². The van der Waals surface area contributed by atoms with Gasteiger partial charge < -0.3 is 0 Å². The van der Waals surface area contributed by atoms with Crippen molar-refractivity contribution in [2.75, 3.05) is 17.6 Å². The summed E-state index contributed by atoms with van der Waals surface area (Å²) in [6.07, 6.45) is 3.93. The molecule has 0 radical (unpaired) electrons. The monoisotopic (exact) mass is 361 g/mol. The molecule has 2 aromatic rings. The van der Waals surface area contributed by atoms with Crippen LogP contribution in [-0.2, 0) is 16.1 Å². The molecular formula is C19H24FN3OS. The first-order valence-corrected chi connectivity index (χ1v) is 10.1. The van der Waals surface area contributed by atoms with Gasteiger partial charge in [0.15, 0.2) is 0 Å². The normalized spacial score (nSPS) is 13.5. The van der Waals surface area contributed by atoms with Crippen molar-refractivity contribution in [3.63, 3.8) is 0 Å². The fourth-order valence-corrected chi connectivity index (χ4v) is 2.90. The Bertz CT molecular complexity index is 874. The summed E-state index contributed by atoms with van der Waals surface area (Å²) >= 11 is 0. The molecule has 2 rings (SSSR count). The van der Waals surface area contributed by atoms with Crippen molar-refractivity contribution >= 4 is 21.5 Å². The van der Waals surface area contributed by atoms with Gasteiger partial charge in [-0.25, -0.2) is 18.6 Å². The highest BCUT2D eigenvalue weighted by Crippen LogP contribution is 2.31. The van der Waals surface area contributed by atoms with Crippen molar-refractivity contribution in [3.8, 4) is 11.3 Å². The first-order valence-electron chi connectivity index (χ1n) is 7.99. The van der Waals surface area contributed by atoms with Crippen LogP contribution in [0.15, 0.2) is 36.9 Å². The van der Waals surface area contributed by atoms with Crippen molar-refractivity contribution < 1.29 is 8.60 Å². The standard InChI is InChI=1S/C19H24FN3OS/c1-7-8-16-17(13(2)3)21-19(23(4)25(5,6)24)22-18(16)14-9-11-15(20)12-10-14/h7,9-13H,1,5,8H2,2-4,6H3. The lowest BCUT2D eigenvalue weighted by Gasteiger charge is -2.23. The third kappa shape index (κ3) is 4.25. The van der Waals surface area contributed by atoms with Gasteiger partial charge in [0.2, 0.25) is 5.95 Å². The van der Waals surface area contributed by atoms with Gasteiger partial charge in [-0.05, 0) is 42.5 Å². The molecule has 0 aliphatic heterocycles. The van der Waals surface area contributed by atoms with Crippen LogP contribution in [0.1, 0.15) is 31.0 Å². The Balaban J connectivity index is 2.79. The molecule has 25 heavy (non-hydrogen) atoms. The zero-order valence-corrected chi connectivity index (χ0v) is 15.9. The predicted molar refractivity (Wildman–Crippen MR) is 105 cm³/mol. The molecule has 0 aliphatic rings. The second-order valence-corrected chi connectivity index (χ2v) is 8.81. The van der Waals surface area contributed by atoms with Gasteiger partial charge in [-0.2, -0.15) is 0 Å². The Kier molecular flexibility index (Phi) is 5.62. The minimum absolute atomic E-state index is 0.141. The second-order valence-electron chi connectivity index (χ2n) is 6.35. The molecule has 1 atom stereocenters. The van der Waals surface area contributed by atoms with Crippen LogP contribution in [0.2, 0.25) is 0 Å². The molecule has 0 spiro atoms. The third-order valence-corrected chi connectivity index (χ3v) is 5.22. The van der Waals surface area contributed by atoms with Gasteiger partial charge in [0, 0.05) is 34.1 Å². The van der Waals surface area contributed by atoms with E-state index in [2.05, 4.69) is 22.4 Å². The lowest BCUT2D eigenvalue weighted by molar-refractivity contribution is 0.628. The Labute approximate surface area is 149 Å². The zero-order chi connectivity index (χ0) is 18.8. The van der Waals surface area contributed by atoms with Crippen LogP contribution in [0.25, 0.3) is 11.3 Å². The van der Waals surface area contributed by atoms with E-state index in [4.69, 9.17) is 0 Å². The van der Waals surface area contributed by atoms with Crippen LogP contribution in [0.3, 0.4) is 0 Å². The number of aromatic nitrogens is 2. The minimum Gasteiger partial charge on any atom is -0.271 e. The van der Waals surface area contributed by atoms with E-state index in [0.717, 1.165) is 16.8 Å². The predicted octanol–water partition coefficient (Wildman–Crippen LogP) is 3.83. The van der Waals surface area contributed by atoms with Crippen molar-refractivity contribution in [3.05, 3.63) is 54.0 Å². The van der Waals surface area contributed by atoms with Crippen LogP contribution < -0.4 is 4.31 Å². The average Bonchev–Trinajstić information content (AvgIpc) is 2.54. The highest BCUT2D eigenvalue weighted by Gasteiger charge is 2.20. The van der Waals surface area contributed by atoms with E-state index in [0.29, 0.717) is 18.1 Å². The summed E-state index contributed by atoms with van der Waals surface area (Å²) < 4.78 is 27.1. The molecule has 1 aromatic heterocycles. The Hall–Kier alpha value is -2.21. The average molecular weight is 361 g/mol. The van der Waals surface area contributed by atoms with Gasteiger partial charge in [0.05, 0.1) is 11.4 Å². The van der Waals surface area contributed by atoms with Gasteiger partial charge in [0.1, 0.15) is 5.82 Å². The second kappa shape index (κ2) is 7.35. The smallest absolute Gasteiger partial charge is 0.237 e. The molecule has 0 aliphatic carbocycles. The maximum atomic E-state index is 13.3. The fourth-order valence-electron chi connectivity index (χ4n) is 2.47. The lowest BCUT2D eigenvalue weighted by Crippen LogP contribution is -2.27. The van der Waals surface area contributed by atoms with Crippen LogP contribution in [0.4, 0.5) is 10.3 Å². The van der Waals surface area contributed by atoms with E-state index in [1.165, 1.54) is 16.4 Å². The minimum atomic E-state index is -2.50. The molecule has 0 saturated heterocycles. The van der Waals surface area contributed by atoms with Gasteiger partial charge >= 0.3 is 0 Å². The van der Waals surface area contributed by atoms with E-state index in [1.807, 2.05) is 13.8 Å². The van der Waals surface area contributed by atoms with Crippen LogP contribution in [0, 0.1) is 5.82 Å². The number of hydrogen-bond acceptors (Lipinski definition) is 3. The number of hydrogen-bond donors (Lipinski definition) is 0. The topological polar surface area (TPSA) is 46.1 Å². The molecule has 1 unspecified atom stereocenters. The summed E-state index contributed by atoms with van der Waals surface area (Å²) in [5, 5.41) is 0. The molecule has 0 saturated carbocycles. The third-order valence-electron chi connectivity index (χ3n) is 3.90. The molecule has 1 aromatic carbocycles. The number of halogens is 1. The Morgan fingerprint density at radius 1 is 1.28 bits per heavy atom. The highest BCUT2D eigenvalue weighted by molar-refractivity contribution is 8.00. The molecule has 6 heteroatoms. The first kappa shape index (κ1) is 19.1. The highest BCUT2D eigenvalue weighted by atomic mass is 32.2. The molecule has 0 amide bonds. The summed E-state index contributed by atoms with van der Waals surface area (Å²) in [6, 6.07) is 6.17. The van der Waals surface area contributed by atoms with Crippen LogP contribution in [-0.4, -0.2) is 33.4 Å². The van der Waals surface area contributed by atoms with Gasteiger partial charge in [-0.15, -0.1) is 6.58 Å². The number of benzene rings is 1. The van der Waals surface area contributed by atoms with E-state index in [9.17, 15) is 8.60 Å². The van der Waals surface area contributed by atoms with Crippen LogP contribution in [0.5, 0.6) is 0 Å². The summed E-state index contributed by atoms with van der Waals surface area (Å²) in [6.45, 7) is 7.90. The fraction of sp³-hybridized carbons (Fsp3) is 0.316. The van der Waals surface area contributed by atoms with E-state index >= 15 is 0 Å². The zero-order valence-electron chi connectivity index (χ0n) is 15.1. The molecule has 0 N–H and O–H groups in total. The number of rotatable bonds is 6. The molecule has 0 bridgehead atoms. The van der Waals surface area contributed by atoms with Crippen LogP contribution >= 0.6 is 0 Å². The Morgan fingerprint density at radius 2 is 1.88 bits per heavy atom. The van der Waals surface area contributed by atoms with Gasteiger partial charge in [0.25, 0.3) is 0 Å². The lowest BCUT2D eigenvalue weighted by atomic mass is 9.96. The Morgan fingerprint density at radius 3 is 2.36 bits per heavy atom. The van der Waals surface area contributed by atoms with E-state index in [1.54, 1.807) is 31.5 Å². The number of anilines is 1. The summed E-state index contributed by atoms with van der Waals surface area (Å²) in [5.41, 5.74) is 3.29. The maximum absolute atomic E-state index is 13.3. The quantitative estimate of drug-likeness (QED) is 0.580. The molecule has 134 valence electrons. The van der Waals surface area contributed by atoms with Crippen molar-refractivity contribution in [2.45, 2.75) is 26.2 Å². The molecule has 4 nitrogen and oxygen atoms in total. The summed E-state index contributed by atoms with van der Waals surface area (Å²) in [5.74, 6) is 3.88. The molecule has 1 heterocycles. The summed E-state index contributed by atoms with van der Waals surface area (Å²) in [7, 11) is -0.838. The van der Waals surface area contributed by atoms with Crippen molar-refractivity contribution in [1.29, 1.82) is 0 Å². The number of allylic oxidation sites excluding steroid dienone is 1. The van der Waals surface area contributed by atoms with E-state index in [-0.39, 0.29) is 11.7 Å². The van der Waals surface area contributed by atoms with Gasteiger partial charge in [-0.3, -0.25) is 4.31 Å². The molecular weight excluding hydrogens is 337 g/mol. The maximum Gasteiger partial charge on any atom is 0.237 e. The number of nitrogens with zero attached hydrogens (tertiary/aromatic N) is 3. The SMILES string of the molecule is C=CCc1c(-c2ccc(F)cc2)nc(N(C)S(=C)(C)=O)nc1C(C)C. The molecule has 0 fully saturated rings. The van der Waals surface area contributed by atoms with Crippen molar-refractivity contribution in [2.24, 2.45) is 0 Å². The largest absolute Gasteiger partial charge is 0.271 e. The van der Waals surface area contributed by atoms with Gasteiger partial charge in [-0.1, -0.05) is 19.9 Å². The summed E-state index contributed by atoms with van der Waals surface area (Å²) in [4.78, 5) is 9.26.